The third-order valence-electron chi connectivity index (χ3n) is 3.34. The van der Waals surface area contributed by atoms with Crippen LogP contribution in [0.3, 0.4) is 0 Å². The van der Waals surface area contributed by atoms with Gasteiger partial charge in [-0.3, -0.25) is 4.98 Å². The first-order valence-corrected chi connectivity index (χ1v) is 5.87. The van der Waals surface area contributed by atoms with E-state index in [9.17, 15) is 4.39 Å². The summed E-state index contributed by atoms with van der Waals surface area (Å²) in [5.41, 5.74) is 0.570. The van der Waals surface area contributed by atoms with Crippen molar-refractivity contribution in [2.75, 3.05) is 13.2 Å². The molecule has 3 nitrogen and oxygen atoms in total. The number of halogens is 1. The first-order chi connectivity index (χ1) is 7.97. The average Bonchev–Trinajstić information content (AvgIpc) is 2.31. The molecule has 1 aliphatic heterocycles. The van der Waals surface area contributed by atoms with E-state index in [0.29, 0.717) is 13.2 Å². The molecule has 0 amide bonds. The minimum atomic E-state index is -0.543. The van der Waals surface area contributed by atoms with Crippen molar-refractivity contribution >= 4 is 0 Å². The summed E-state index contributed by atoms with van der Waals surface area (Å²) >= 11 is 0. The lowest BCUT2D eigenvalue weighted by Crippen LogP contribution is -2.49. The van der Waals surface area contributed by atoms with Crippen LogP contribution in [0.4, 0.5) is 4.39 Å². The number of hydrogen-bond donors (Lipinski definition) is 0. The van der Waals surface area contributed by atoms with Crippen LogP contribution < -0.4 is 0 Å². The number of rotatable bonds is 2. The number of ether oxygens (including phenoxy) is 2. The Hall–Kier alpha value is -1.00. The quantitative estimate of drug-likeness (QED) is 0.795. The van der Waals surface area contributed by atoms with Gasteiger partial charge in [-0.2, -0.15) is 0 Å². The fraction of sp³-hybridized carbons (Fsp3) is 0.615. The monoisotopic (exact) mass is 239 g/mol. The van der Waals surface area contributed by atoms with Crippen LogP contribution >= 0.6 is 0 Å². The molecule has 0 radical (unpaired) electrons. The molecular formula is C13H18FNO2. The van der Waals surface area contributed by atoms with Crippen molar-refractivity contribution in [3.8, 4) is 0 Å². The Morgan fingerprint density at radius 2 is 1.94 bits per heavy atom. The molecule has 1 aromatic rings. The van der Waals surface area contributed by atoms with Gasteiger partial charge in [0.15, 0.2) is 5.79 Å². The zero-order valence-corrected chi connectivity index (χ0v) is 10.5. The molecule has 94 valence electrons. The molecule has 1 fully saturated rings. The van der Waals surface area contributed by atoms with E-state index in [-0.39, 0.29) is 11.2 Å². The highest BCUT2D eigenvalue weighted by Gasteiger charge is 2.41. The highest BCUT2D eigenvalue weighted by Crippen LogP contribution is 2.34. The molecule has 4 heteroatoms. The largest absolute Gasteiger partial charge is 0.349 e. The minimum Gasteiger partial charge on any atom is -0.349 e. The lowest BCUT2D eigenvalue weighted by Gasteiger charge is -2.42. The van der Waals surface area contributed by atoms with Crippen LogP contribution in [0.2, 0.25) is 0 Å². The average molecular weight is 239 g/mol. The second kappa shape index (κ2) is 4.35. The third-order valence-corrected chi connectivity index (χ3v) is 3.34. The highest BCUT2D eigenvalue weighted by molar-refractivity contribution is 5.18. The van der Waals surface area contributed by atoms with Crippen LogP contribution in [0.15, 0.2) is 18.3 Å². The van der Waals surface area contributed by atoms with E-state index in [1.54, 1.807) is 6.07 Å². The number of aromatic nitrogens is 1. The van der Waals surface area contributed by atoms with E-state index in [2.05, 4.69) is 11.9 Å². The molecule has 1 aliphatic rings. The van der Waals surface area contributed by atoms with Gasteiger partial charge in [0.2, 0.25) is 0 Å². The Bertz CT molecular complexity index is 379. The van der Waals surface area contributed by atoms with Gasteiger partial charge in [-0.25, -0.2) is 4.39 Å². The zero-order chi connectivity index (χ0) is 12.5. The summed E-state index contributed by atoms with van der Waals surface area (Å²) in [6.45, 7) is 6.95. The van der Waals surface area contributed by atoms with Gasteiger partial charge in [-0.15, -0.1) is 0 Å². The van der Waals surface area contributed by atoms with E-state index in [4.69, 9.17) is 9.47 Å². The topological polar surface area (TPSA) is 31.4 Å². The molecule has 0 atom stereocenters. The summed E-state index contributed by atoms with van der Waals surface area (Å²) < 4.78 is 24.3. The number of pyridine rings is 1. The molecule has 0 spiro atoms. The van der Waals surface area contributed by atoms with Crippen LogP contribution in [0.1, 0.15) is 32.9 Å². The molecule has 1 saturated heterocycles. The predicted molar refractivity (Wildman–Crippen MR) is 62.1 cm³/mol. The normalized spacial score (nSPS) is 22.4. The Morgan fingerprint density at radius 1 is 1.29 bits per heavy atom. The Kier molecular flexibility index (Phi) is 3.19. The van der Waals surface area contributed by atoms with E-state index < -0.39 is 5.79 Å². The van der Waals surface area contributed by atoms with Crippen molar-refractivity contribution in [2.24, 2.45) is 0 Å². The molecule has 17 heavy (non-hydrogen) atoms. The summed E-state index contributed by atoms with van der Waals surface area (Å²) in [4.78, 5) is 4.16. The molecule has 2 heterocycles. The van der Waals surface area contributed by atoms with Gasteiger partial charge in [0.1, 0.15) is 5.82 Å². The lowest BCUT2D eigenvalue weighted by atomic mass is 9.82. The van der Waals surface area contributed by atoms with Crippen molar-refractivity contribution < 1.29 is 13.9 Å². The zero-order valence-electron chi connectivity index (χ0n) is 10.5. The van der Waals surface area contributed by atoms with E-state index in [0.717, 1.165) is 12.1 Å². The van der Waals surface area contributed by atoms with Gasteiger partial charge in [0.05, 0.1) is 30.5 Å². The molecule has 0 saturated carbocycles. The fourth-order valence-corrected chi connectivity index (χ4v) is 1.93. The van der Waals surface area contributed by atoms with Crippen molar-refractivity contribution in [3.05, 3.63) is 29.8 Å². The van der Waals surface area contributed by atoms with E-state index in [1.165, 1.54) is 12.3 Å². The maximum atomic E-state index is 12.9. The minimum absolute atomic E-state index is 0.261. The van der Waals surface area contributed by atoms with Gasteiger partial charge < -0.3 is 9.47 Å². The molecule has 1 aromatic heterocycles. The molecule has 2 rings (SSSR count). The molecule has 0 unspecified atom stereocenters. The maximum Gasteiger partial charge on any atom is 0.162 e. The van der Waals surface area contributed by atoms with E-state index >= 15 is 0 Å². The number of hydrogen-bond acceptors (Lipinski definition) is 3. The second-order valence-electron chi connectivity index (χ2n) is 4.97. The van der Waals surface area contributed by atoms with Crippen molar-refractivity contribution in [2.45, 2.75) is 38.4 Å². The van der Waals surface area contributed by atoms with Crippen LogP contribution in [0.25, 0.3) is 0 Å². The summed E-state index contributed by atoms with van der Waals surface area (Å²) in [6.07, 6.45) is 2.09. The van der Waals surface area contributed by atoms with Gasteiger partial charge in [0, 0.05) is 0 Å². The predicted octanol–water partition coefficient (Wildman–Crippen LogP) is 2.65. The lowest BCUT2D eigenvalue weighted by molar-refractivity contribution is -0.270. The highest BCUT2D eigenvalue weighted by atomic mass is 19.1. The first kappa shape index (κ1) is 12.5. The molecule has 0 aliphatic carbocycles. The van der Waals surface area contributed by atoms with Crippen LogP contribution in [0, 0.1) is 5.82 Å². The van der Waals surface area contributed by atoms with Crippen molar-refractivity contribution in [1.29, 1.82) is 0 Å². The smallest absolute Gasteiger partial charge is 0.162 e. The Morgan fingerprint density at radius 3 is 2.41 bits per heavy atom. The molecule has 0 N–H and O–H groups in total. The second-order valence-corrected chi connectivity index (χ2v) is 4.97. The summed E-state index contributed by atoms with van der Waals surface area (Å²) in [7, 11) is 0. The fourth-order valence-electron chi connectivity index (χ4n) is 1.93. The number of nitrogens with zero attached hydrogens (tertiary/aromatic N) is 1. The van der Waals surface area contributed by atoms with Crippen LogP contribution in [-0.2, 0) is 14.9 Å². The van der Waals surface area contributed by atoms with Crippen molar-refractivity contribution in [3.63, 3.8) is 0 Å². The van der Waals surface area contributed by atoms with Gasteiger partial charge >= 0.3 is 0 Å². The van der Waals surface area contributed by atoms with Crippen molar-refractivity contribution in [1.82, 2.24) is 4.98 Å². The van der Waals surface area contributed by atoms with Crippen LogP contribution in [-0.4, -0.2) is 24.0 Å². The third kappa shape index (κ3) is 2.48. The Balaban J connectivity index is 2.24. The molecular weight excluding hydrogens is 221 g/mol. The first-order valence-electron chi connectivity index (χ1n) is 5.87. The van der Waals surface area contributed by atoms with Gasteiger partial charge in [-0.05, 0) is 32.4 Å². The molecule has 0 aromatic carbocycles. The van der Waals surface area contributed by atoms with Gasteiger partial charge in [0.25, 0.3) is 0 Å². The Labute approximate surface area is 101 Å². The summed E-state index contributed by atoms with van der Waals surface area (Å²) in [6, 6.07) is 3.14. The molecule has 0 bridgehead atoms. The summed E-state index contributed by atoms with van der Waals surface area (Å²) in [5, 5.41) is 0. The van der Waals surface area contributed by atoms with Gasteiger partial charge in [-0.1, -0.05) is 6.92 Å². The summed E-state index contributed by atoms with van der Waals surface area (Å²) in [5.74, 6) is -0.864. The maximum absolute atomic E-state index is 12.9. The standard InChI is InChI=1S/C13H18FNO2/c1-4-13(8-16-12(2,3)17-9-13)11-6-5-10(14)7-15-11/h5-7H,4,8-9H2,1-3H3. The SMILES string of the molecule is CCC1(c2ccc(F)cn2)COC(C)(C)OC1. The van der Waals surface area contributed by atoms with Crippen LogP contribution in [0.5, 0.6) is 0 Å². The van der Waals surface area contributed by atoms with E-state index in [1.807, 2.05) is 13.8 Å².